The molecule has 0 aliphatic carbocycles. The van der Waals surface area contributed by atoms with Crippen LogP contribution in [0.2, 0.25) is 0 Å². The van der Waals surface area contributed by atoms with Crippen LogP contribution in [0.25, 0.3) is 16.5 Å². The summed E-state index contributed by atoms with van der Waals surface area (Å²) in [4.78, 5) is 16.2. The Labute approximate surface area is 133 Å². The first-order valence-corrected chi connectivity index (χ1v) is 8.19. The van der Waals surface area contributed by atoms with E-state index in [0.717, 1.165) is 59.0 Å². The number of aromatic nitrogens is 3. The van der Waals surface area contributed by atoms with Gasteiger partial charge in [0.05, 0.1) is 16.6 Å². The van der Waals surface area contributed by atoms with Crippen LogP contribution in [0.15, 0.2) is 12.6 Å². The standard InChI is InChI=1S/C16H20N4.C2H6/c1-5-6-7-20-9-10(2)15-14-13(8-11(3)17-15)18-12(4)19-16(14)20;1-2/h8H,2,5-7,9H2,1,3-4H3;1-2H3. The molecule has 0 atom stereocenters. The normalized spacial score (nSPS) is 13.1. The summed E-state index contributed by atoms with van der Waals surface area (Å²) in [5.41, 5.74) is 4.01. The van der Waals surface area contributed by atoms with Crippen LogP contribution in [0.5, 0.6) is 0 Å². The number of hydrogen-bond acceptors (Lipinski definition) is 4. The number of hydrogen-bond donors (Lipinski definition) is 0. The highest BCUT2D eigenvalue weighted by Crippen LogP contribution is 2.35. The van der Waals surface area contributed by atoms with Gasteiger partial charge in [-0.3, -0.25) is 4.98 Å². The Bertz CT molecular complexity index is 686. The lowest BCUT2D eigenvalue weighted by Crippen LogP contribution is -2.31. The van der Waals surface area contributed by atoms with Gasteiger partial charge in [-0.05, 0) is 31.9 Å². The van der Waals surface area contributed by atoms with E-state index in [1.807, 2.05) is 33.8 Å². The van der Waals surface area contributed by atoms with E-state index in [4.69, 9.17) is 0 Å². The van der Waals surface area contributed by atoms with Gasteiger partial charge >= 0.3 is 0 Å². The Kier molecular flexibility index (Phi) is 5.11. The molecule has 1 aliphatic heterocycles. The average Bonchev–Trinajstić information content (AvgIpc) is 2.50. The monoisotopic (exact) mass is 298 g/mol. The van der Waals surface area contributed by atoms with E-state index in [1.54, 1.807) is 0 Å². The summed E-state index contributed by atoms with van der Waals surface area (Å²) in [5, 5.41) is 1.06. The van der Waals surface area contributed by atoms with Gasteiger partial charge in [0.25, 0.3) is 0 Å². The number of anilines is 1. The first-order chi connectivity index (χ1) is 10.6. The lowest BCUT2D eigenvalue weighted by molar-refractivity contribution is 0.737. The van der Waals surface area contributed by atoms with Crippen LogP contribution in [0.1, 0.15) is 50.8 Å². The summed E-state index contributed by atoms with van der Waals surface area (Å²) < 4.78 is 0. The molecule has 0 saturated heterocycles. The van der Waals surface area contributed by atoms with Gasteiger partial charge in [0, 0.05) is 18.8 Å². The van der Waals surface area contributed by atoms with Crippen molar-refractivity contribution in [1.29, 1.82) is 0 Å². The fourth-order valence-corrected chi connectivity index (χ4v) is 2.77. The summed E-state index contributed by atoms with van der Waals surface area (Å²) in [5.74, 6) is 1.84. The van der Waals surface area contributed by atoms with Crippen molar-refractivity contribution in [3.63, 3.8) is 0 Å². The Morgan fingerprint density at radius 1 is 1.18 bits per heavy atom. The molecule has 0 unspecified atom stereocenters. The van der Waals surface area contributed by atoms with E-state index in [0.29, 0.717) is 0 Å². The third-order valence-electron chi connectivity index (χ3n) is 3.70. The van der Waals surface area contributed by atoms with Crippen molar-refractivity contribution in [2.24, 2.45) is 0 Å². The summed E-state index contributed by atoms with van der Waals surface area (Å²) in [6, 6.07) is 2.04. The second-order valence-corrected chi connectivity index (χ2v) is 5.48. The van der Waals surface area contributed by atoms with Gasteiger partial charge in [0.1, 0.15) is 11.6 Å². The maximum absolute atomic E-state index is 4.66. The molecule has 0 amide bonds. The van der Waals surface area contributed by atoms with Gasteiger partial charge in [-0.15, -0.1) is 0 Å². The minimum Gasteiger partial charge on any atom is -0.352 e. The largest absolute Gasteiger partial charge is 0.352 e. The molecule has 0 radical (unpaired) electrons. The molecule has 0 N–H and O–H groups in total. The second kappa shape index (κ2) is 6.86. The van der Waals surface area contributed by atoms with Gasteiger partial charge in [0.15, 0.2) is 0 Å². The second-order valence-electron chi connectivity index (χ2n) is 5.48. The minimum absolute atomic E-state index is 0.814. The van der Waals surface area contributed by atoms with E-state index in [2.05, 4.69) is 33.4 Å². The fourth-order valence-electron chi connectivity index (χ4n) is 2.77. The van der Waals surface area contributed by atoms with Crippen molar-refractivity contribution in [3.05, 3.63) is 29.9 Å². The van der Waals surface area contributed by atoms with Crippen molar-refractivity contribution in [1.82, 2.24) is 15.0 Å². The van der Waals surface area contributed by atoms with Crippen LogP contribution in [0.4, 0.5) is 5.82 Å². The molecule has 0 bridgehead atoms. The van der Waals surface area contributed by atoms with Crippen molar-refractivity contribution in [3.8, 4) is 0 Å². The van der Waals surface area contributed by atoms with Gasteiger partial charge in [0.2, 0.25) is 0 Å². The third-order valence-corrected chi connectivity index (χ3v) is 3.70. The fraction of sp³-hybridized carbons (Fsp3) is 0.500. The number of rotatable bonds is 3. The van der Waals surface area contributed by atoms with E-state index >= 15 is 0 Å². The molecule has 0 saturated carbocycles. The highest BCUT2D eigenvalue weighted by atomic mass is 15.2. The predicted molar refractivity (Wildman–Crippen MR) is 94.3 cm³/mol. The summed E-state index contributed by atoms with van der Waals surface area (Å²) >= 11 is 0. The van der Waals surface area contributed by atoms with Crippen molar-refractivity contribution >= 4 is 22.3 Å². The molecule has 0 aromatic carbocycles. The Morgan fingerprint density at radius 3 is 2.59 bits per heavy atom. The molecule has 1 aliphatic rings. The van der Waals surface area contributed by atoms with E-state index in [9.17, 15) is 0 Å². The smallest absolute Gasteiger partial charge is 0.142 e. The molecule has 3 heterocycles. The molecule has 3 rings (SSSR count). The Hall–Kier alpha value is -1.97. The molecular formula is C18H26N4. The summed E-state index contributed by atoms with van der Waals surface area (Å²) in [6.07, 6.45) is 2.33. The number of unbranched alkanes of at least 4 members (excludes halogenated alkanes) is 1. The van der Waals surface area contributed by atoms with Crippen molar-refractivity contribution in [2.45, 2.75) is 47.5 Å². The molecular weight excluding hydrogens is 272 g/mol. The molecule has 2 aromatic heterocycles. The van der Waals surface area contributed by atoms with Gasteiger partial charge in [-0.1, -0.05) is 33.8 Å². The molecule has 4 heteroatoms. The molecule has 4 nitrogen and oxygen atoms in total. The number of aryl methyl sites for hydroxylation is 2. The van der Waals surface area contributed by atoms with E-state index in [1.165, 1.54) is 6.42 Å². The van der Waals surface area contributed by atoms with Crippen LogP contribution in [0.3, 0.4) is 0 Å². The molecule has 0 spiro atoms. The van der Waals surface area contributed by atoms with Gasteiger partial charge in [-0.2, -0.15) is 0 Å². The minimum atomic E-state index is 0.814. The Morgan fingerprint density at radius 2 is 1.91 bits per heavy atom. The van der Waals surface area contributed by atoms with Gasteiger partial charge < -0.3 is 4.90 Å². The van der Waals surface area contributed by atoms with Crippen LogP contribution in [0, 0.1) is 13.8 Å². The van der Waals surface area contributed by atoms with E-state index < -0.39 is 0 Å². The van der Waals surface area contributed by atoms with Gasteiger partial charge in [-0.25, -0.2) is 9.97 Å². The molecule has 22 heavy (non-hydrogen) atoms. The third kappa shape index (κ3) is 2.96. The van der Waals surface area contributed by atoms with Crippen molar-refractivity contribution in [2.75, 3.05) is 18.0 Å². The average molecular weight is 298 g/mol. The zero-order valence-electron chi connectivity index (χ0n) is 14.4. The molecule has 118 valence electrons. The summed E-state index contributed by atoms with van der Waals surface area (Å²) in [7, 11) is 0. The SMILES string of the molecule is C=C1CN(CCCC)c2nc(C)nc3cc(C)nc1c23.CC. The van der Waals surface area contributed by atoms with Crippen LogP contribution in [-0.4, -0.2) is 28.0 Å². The van der Waals surface area contributed by atoms with Crippen molar-refractivity contribution < 1.29 is 0 Å². The maximum Gasteiger partial charge on any atom is 0.142 e. The van der Waals surface area contributed by atoms with Crippen LogP contribution >= 0.6 is 0 Å². The lowest BCUT2D eigenvalue weighted by atomic mass is 10.0. The maximum atomic E-state index is 4.66. The zero-order valence-corrected chi connectivity index (χ0v) is 14.4. The molecule has 0 fully saturated rings. The first kappa shape index (κ1) is 16.4. The summed E-state index contributed by atoms with van der Waals surface area (Å²) in [6.45, 7) is 16.2. The lowest BCUT2D eigenvalue weighted by Gasteiger charge is -2.31. The highest BCUT2D eigenvalue weighted by molar-refractivity contribution is 6.01. The topological polar surface area (TPSA) is 41.9 Å². The zero-order chi connectivity index (χ0) is 16.3. The van der Waals surface area contributed by atoms with Crippen LogP contribution in [-0.2, 0) is 0 Å². The van der Waals surface area contributed by atoms with Crippen LogP contribution < -0.4 is 4.90 Å². The highest BCUT2D eigenvalue weighted by Gasteiger charge is 2.24. The number of pyridine rings is 1. The number of nitrogens with zero attached hydrogens (tertiary/aromatic N) is 4. The predicted octanol–water partition coefficient (Wildman–Crippen LogP) is 4.30. The first-order valence-electron chi connectivity index (χ1n) is 8.19. The molecule has 2 aromatic rings. The Balaban J connectivity index is 0.000000847. The van der Waals surface area contributed by atoms with E-state index in [-0.39, 0.29) is 0 Å². The quantitative estimate of drug-likeness (QED) is 0.847.